The zero-order chi connectivity index (χ0) is 13.1. The lowest BCUT2D eigenvalue weighted by atomic mass is 10.0. The number of H-pyrrole nitrogens is 1. The van der Waals surface area contributed by atoms with Gasteiger partial charge in [0.05, 0.1) is 5.56 Å². The van der Waals surface area contributed by atoms with Crippen molar-refractivity contribution in [1.29, 1.82) is 0 Å². The maximum absolute atomic E-state index is 12.2. The summed E-state index contributed by atoms with van der Waals surface area (Å²) in [5, 5.41) is 4.03. The first-order chi connectivity index (χ1) is 8.58. The monoisotopic (exact) mass is 244 g/mol. The number of hydrogen-bond donors (Lipinski definition) is 2. The van der Waals surface area contributed by atoms with E-state index in [1.807, 2.05) is 31.2 Å². The second-order valence-electron chi connectivity index (χ2n) is 5.25. The minimum Gasteiger partial charge on any atom is -0.360 e. The van der Waals surface area contributed by atoms with Gasteiger partial charge in [0, 0.05) is 23.1 Å². The number of fused-ring (bicyclic) bond motifs is 1. The van der Waals surface area contributed by atoms with Gasteiger partial charge < -0.3 is 10.3 Å². The Balaban J connectivity index is 2.14. The van der Waals surface area contributed by atoms with Crippen LogP contribution in [0.15, 0.2) is 30.5 Å². The summed E-state index contributed by atoms with van der Waals surface area (Å²) in [6, 6.07) is 8.05. The Kier molecular flexibility index (Phi) is 3.70. The molecular formula is C15H20N2O. The lowest BCUT2D eigenvalue weighted by Crippen LogP contribution is -2.33. The number of aromatic nitrogens is 1. The molecule has 0 aliphatic rings. The van der Waals surface area contributed by atoms with Gasteiger partial charge in [0.15, 0.2) is 0 Å². The number of rotatable bonds is 4. The van der Waals surface area contributed by atoms with E-state index in [4.69, 9.17) is 0 Å². The van der Waals surface area contributed by atoms with E-state index in [-0.39, 0.29) is 11.9 Å². The van der Waals surface area contributed by atoms with Crippen LogP contribution in [0.4, 0.5) is 0 Å². The van der Waals surface area contributed by atoms with E-state index in [0.29, 0.717) is 5.92 Å². The number of nitrogens with one attached hydrogen (secondary N) is 2. The number of amides is 1. The maximum atomic E-state index is 12.2. The van der Waals surface area contributed by atoms with Gasteiger partial charge in [-0.1, -0.05) is 32.0 Å². The Morgan fingerprint density at radius 3 is 2.72 bits per heavy atom. The Bertz CT molecular complexity index is 542. The van der Waals surface area contributed by atoms with Gasteiger partial charge in [-0.15, -0.1) is 0 Å². The topological polar surface area (TPSA) is 44.9 Å². The van der Waals surface area contributed by atoms with Gasteiger partial charge in [0.1, 0.15) is 0 Å². The molecule has 0 spiro atoms. The molecule has 1 aromatic carbocycles. The van der Waals surface area contributed by atoms with Crippen molar-refractivity contribution in [1.82, 2.24) is 10.3 Å². The molecule has 2 rings (SSSR count). The number of carbonyl (C=O) groups excluding carboxylic acids is 1. The van der Waals surface area contributed by atoms with Crippen LogP contribution in [0.5, 0.6) is 0 Å². The molecule has 0 fully saturated rings. The van der Waals surface area contributed by atoms with Gasteiger partial charge in [-0.05, 0) is 25.3 Å². The van der Waals surface area contributed by atoms with Crippen molar-refractivity contribution in [3.8, 4) is 0 Å². The third kappa shape index (κ3) is 2.73. The fourth-order valence-electron chi connectivity index (χ4n) is 2.33. The largest absolute Gasteiger partial charge is 0.360 e. The third-order valence-electron chi connectivity index (χ3n) is 3.04. The first-order valence-corrected chi connectivity index (χ1v) is 6.45. The molecular weight excluding hydrogens is 224 g/mol. The number of benzene rings is 1. The van der Waals surface area contributed by atoms with E-state index < -0.39 is 0 Å². The summed E-state index contributed by atoms with van der Waals surface area (Å²) in [6.07, 6.45) is 2.77. The van der Waals surface area contributed by atoms with Gasteiger partial charge >= 0.3 is 0 Å². The highest BCUT2D eigenvalue weighted by atomic mass is 16.1. The fourth-order valence-corrected chi connectivity index (χ4v) is 2.33. The molecule has 96 valence electrons. The van der Waals surface area contributed by atoms with Crippen molar-refractivity contribution in [2.24, 2.45) is 5.92 Å². The molecule has 18 heavy (non-hydrogen) atoms. The van der Waals surface area contributed by atoms with E-state index in [0.717, 1.165) is 22.9 Å². The van der Waals surface area contributed by atoms with E-state index in [9.17, 15) is 4.79 Å². The van der Waals surface area contributed by atoms with Crippen LogP contribution in [0.3, 0.4) is 0 Å². The molecule has 1 unspecified atom stereocenters. The first kappa shape index (κ1) is 12.7. The van der Waals surface area contributed by atoms with Crippen LogP contribution in [0.1, 0.15) is 37.6 Å². The second-order valence-corrected chi connectivity index (χ2v) is 5.25. The smallest absolute Gasteiger partial charge is 0.253 e. The summed E-state index contributed by atoms with van der Waals surface area (Å²) in [6.45, 7) is 6.37. The van der Waals surface area contributed by atoms with Crippen LogP contribution in [0.25, 0.3) is 10.9 Å². The summed E-state index contributed by atoms with van der Waals surface area (Å²) in [4.78, 5) is 15.3. The van der Waals surface area contributed by atoms with Crippen molar-refractivity contribution < 1.29 is 4.79 Å². The summed E-state index contributed by atoms with van der Waals surface area (Å²) in [5.74, 6) is 0.587. The summed E-state index contributed by atoms with van der Waals surface area (Å²) in [7, 11) is 0. The van der Waals surface area contributed by atoms with Gasteiger partial charge in [0.2, 0.25) is 0 Å². The lowest BCUT2D eigenvalue weighted by molar-refractivity contribution is 0.0938. The Morgan fingerprint density at radius 1 is 1.28 bits per heavy atom. The minimum absolute atomic E-state index is 0.000556. The molecule has 0 aliphatic heterocycles. The van der Waals surface area contributed by atoms with Crippen LogP contribution >= 0.6 is 0 Å². The average molecular weight is 244 g/mol. The molecule has 0 saturated carbocycles. The second kappa shape index (κ2) is 5.25. The molecule has 1 heterocycles. The minimum atomic E-state index is 0.000556. The molecule has 0 aliphatic carbocycles. The highest BCUT2D eigenvalue weighted by molar-refractivity contribution is 6.06. The zero-order valence-corrected chi connectivity index (χ0v) is 11.2. The SMILES string of the molecule is CC(C)CC(C)NC(=O)c1c[nH]c2ccccc12. The summed E-state index contributed by atoms with van der Waals surface area (Å²) >= 11 is 0. The van der Waals surface area contributed by atoms with Crippen molar-refractivity contribution in [2.45, 2.75) is 33.2 Å². The highest BCUT2D eigenvalue weighted by Gasteiger charge is 2.14. The molecule has 2 aromatic rings. The van der Waals surface area contributed by atoms with Crippen LogP contribution in [0.2, 0.25) is 0 Å². The molecule has 3 nitrogen and oxygen atoms in total. The van der Waals surface area contributed by atoms with Crippen molar-refractivity contribution in [2.75, 3.05) is 0 Å². The predicted octanol–water partition coefficient (Wildman–Crippen LogP) is 3.33. The number of aromatic amines is 1. The van der Waals surface area contributed by atoms with Crippen LogP contribution in [0, 0.1) is 5.92 Å². The fraction of sp³-hybridized carbons (Fsp3) is 0.400. The zero-order valence-electron chi connectivity index (χ0n) is 11.2. The molecule has 1 aromatic heterocycles. The third-order valence-corrected chi connectivity index (χ3v) is 3.04. The van der Waals surface area contributed by atoms with E-state index in [1.54, 1.807) is 6.20 Å². The molecule has 2 N–H and O–H groups in total. The van der Waals surface area contributed by atoms with E-state index in [1.165, 1.54) is 0 Å². The molecule has 0 saturated heterocycles. The quantitative estimate of drug-likeness (QED) is 0.851. The molecule has 0 bridgehead atoms. The van der Waals surface area contributed by atoms with Gasteiger partial charge in [-0.2, -0.15) is 0 Å². The molecule has 1 atom stereocenters. The molecule has 3 heteroatoms. The summed E-state index contributed by atoms with van der Waals surface area (Å²) in [5.41, 5.74) is 1.72. The standard InChI is InChI=1S/C15H20N2O/c1-10(2)8-11(3)17-15(18)13-9-16-14-7-5-4-6-12(13)14/h4-7,9-11,16H,8H2,1-3H3,(H,17,18). The van der Waals surface area contributed by atoms with Gasteiger partial charge in [0.25, 0.3) is 5.91 Å². The van der Waals surface area contributed by atoms with Gasteiger partial charge in [-0.3, -0.25) is 4.79 Å². The van der Waals surface area contributed by atoms with Crippen LogP contribution in [-0.2, 0) is 0 Å². The predicted molar refractivity (Wildman–Crippen MR) is 74.7 cm³/mol. The summed E-state index contributed by atoms with van der Waals surface area (Å²) < 4.78 is 0. The van der Waals surface area contributed by atoms with Crippen LogP contribution < -0.4 is 5.32 Å². The molecule has 1 amide bonds. The van der Waals surface area contributed by atoms with Crippen molar-refractivity contribution in [3.05, 3.63) is 36.0 Å². The number of carbonyl (C=O) groups is 1. The van der Waals surface area contributed by atoms with Crippen molar-refractivity contribution in [3.63, 3.8) is 0 Å². The normalized spacial score (nSPS) is 12.9. The molecule has 0 radical (unpaired) electrons. The van der Waals surface area contributed by atoms with Crippen LogP contribution in [-0.4, -0.2) is 16.9 Å². The van der Waals surface area contributed by atoms with E-state index >= 15 is 0 Å². The van der Waals surface area contributed by atoms with Gasteiger partial charge in [-0.25, -0.2) is 0 Å². The Morgan fingerprint density at radius 2 is 2.00 bits per heavy atom. The van der Waals surface area contributed by atoms with Crippen molar-refractivity contribution >= 4 is 16.8 Å². The number of para-hydroxylation sites is 1. The first-order valence-electron chi connectivity index (χ1n) is 6.45. The lowest BCUT2D eigenvalue weighted by Gasteiger charge is -2.15. The number of hydrogen-bond acceptors (Lipinski definition) is 1. The maximum Gasteiger partial charge on any atom is 0.253 e. The average Bonchev–Trinajstić information content (AvgIpc) is 2.71. The Hall–Kier alpha value is -1.77. The Labute approximate surface area is 108 Å². The van der Waals surface area contributed by atoms with E-state index in [2.05, 4.69) is 24.1 Å². The highest BCUT2D eigenvalue weighted by Crippen LogP contribution is 2.17.